The van der Waals surface area contributed by atoms with Crippen molar-refractivity contribution in [1.29, 1.82) is 0 Å². The highest BCUT2D eigenvalue weighted by Crippen LogP contribution is 2.29. The van der Waals surface area contributed by atoms with Gasteiger partial charge in [0.15, 0.2) is 8.24 Å². The van der Waals surface area contributed by atoms with Gasteiger partial charge in [0.25, 0.3) is 0 Å². The van der Waals surface area contributed by atoms with Gasteiger partial charge in [-0.1, -0.05) is 38.5 Å². The lowest BCUT2D eigenvalue weighted by Gasteiger charge is -2.37. The highest BCUT2D eigenvalue weighted by atomic mass is 28.3. The van der Waals surface area contributed by atoms with Gasteiger partial charge in [-0.3, -0.25) is 0 Å². The van der Waals surface area contributed by atoms with Crippen molar-refractivity contribution in [3.63, 3.8) is 0 Å². The van der Waals surface area contributed by atoms with E-state index in [1.807, 2.05) is 0 Å². The predicted octanol–water partition coefficient (Wildman–Crippen LogP) is 3.96. The highest BCUT2D eigenvalue weighted by molar-refractivity contribution is 6.82. The quantitative estimate of drug-likeness (QED) is 0.618. The Hall–Kier alpha value is -0.0831. The van der Waals surface area contributed by atoms with Crippen molar-refractivity contribution in [1.82, 2.24) is 4.57 Å². The van der Waals surface area contributed by atoms with Crippen LogP contribution in [0, 0.1) is 0 Å². The van der Waals surface area contributed by atoms with Crippen LogP contribution in [0.2, 0.25) is 12.1 Å². The summed E-state index contributed by atoms with van der Waals surface area (Å²) in [4.78, 5) is 0. The molecule has 1 heterocycles. The Bertz CT molecular complexity index is 189. The molecule has 0 saturated carbocycles. The second kappa shape index (κ2) is 6.49. The Balaban J connectivity index is 2.78. The van der Waals surface area contributed by atoms with E-state index in [0.717, 1.165) is 0 Å². The summed E-state index contributed by atoms with van der Waals surface area (Å²) < 4.78 is 2.86. The zero-order valence-corrected chi connectivity index (χ0v) is 11.8. The van der Waals surface area contributed by atoms with Gasteiger partial charge in [-0.15, -0.1) is 0 Å². The molecule has 0 aliphatic carbocycles. The largest absolute Gasteiger partial charge is 0.320 e. The predicted molar refractivity (Wildman–Crippen MR) is 71.6 cm³/mol. The van der Waals surface area contributed by atoms with E-state index in [9.17, 15) is 0 Å². The lowest BCUT2D eigenvalue weighted by molar-refractivity contribution is 0.511. The molecule has 15 heavy (non-hydrogen) atoms. The fraction of sp³-hybridized carbons (Fsp3) is 0.846. The van der Waals surface area contributed by atoms with Crippen LogP contribution < -0.4 is 0 Å². The molecule has 1 fully saturated rings. The van der Waals surface area contributed by atoms with Crippen LogP contribution in [0.25, 0.3) is 0 Å². The molecule has 0 atom stereocenters. The maximum Gasteiger partial charge on any atom is 0.152 e. The van der Waals surface area contributed by atoms with Gasteiger partial charge in [-0.25, -0.2) is 0 Å². The van der Waals surface area contributed by atoms with Crippen LogP contribution in [0.15, 0.2) is 11.8 Å². The number of allylic oxidation sites excluding steroid dienone is 1. The van der Waals surface area contributed by atoms with E-state index >= 15 is 0 Å². The van der Waals surface area contributed by atoms with Crippen molar-refractivity contribution in [2.24, 2.45) is 0 Å². The smallest absolute Gasteiger partial charge is 0.152 e. The molecule has 0 aromatic heterocycles. The van der Waals surface area contributed by atoms with Crippen LogP contribution in [0.1, 0.15) is 46.5 Å². The molecule has 0 radical (unpaired) electrons. The molecule has 0 bridgehead atoms. The summed E-state index contributed by atoms with van der Waals surface area (Å²) in [6.45, 7) is 9.63. The van der Waals surface area contributed by atoms with Crippen LogP contribution in [-0.2, 0) is 0 Å². The minimum absolute atomic E-state index is 1.21. The fourth-order valence-electron chi connectivity index (χ4n) is 3.05. The molecule has 1 saturated heterocycles. The molecule has 1 nitrogen and oxygen atoms in total. The van der Waals surface area contributed by atoms with Crippen LogP contribution in [0.5, 0.6) is 0 Å². The van der Waals surface area contributed by atoms with E-state index in [4.69, 9.17) is 0 Å². The average Bonchev–Trinajstić information content (AvgIpc) is 2.72. The topological polar surface area (TPSA) is 3.24 Å². The van der Waals surface area contributed by atoms with Crippen LogP contribution in [0.3, 0.4) is 0 Å². The minimum atomic E-state index is -1.21. The van der Waals surface area contributed by atoms with E-state index in [1.165, 1.54) is 50.9 Å². The standard InChI is InChI=1S/C13H27NSi/c1-4-11-15(12-5-2,13-6-3)14-9-7-8-10-14/h4,11H,5-10,12-13H2,1-3H3. The summed E-state index contributed by atoms with van der Waals surface area (Å²) in [7, 11) is -1.21. The molecule has 88 valence electrons. The van der Waals surface area contributed by atoms with Crippen molar-refractivity contribution in [3.05, 3.63) is 11.8 Å². The molecule has 0 aromatic rings. The molecule has 1 rings (SSSR count). The SMILES string of the molecule is CC=C[Si](CCC)(CCC)N1CCCC1. The molecular formula is C13H27NSi. The second-order valence-electron chi connectivity index (χ2n) is 4.80. The molecule has 1 aliphatic heterocycles. The molecule has 0 N–H and O–H groups in total. The molecular weight excluding hydrogens is 198 g/mol. The Kier molecular flexibility index (Phi) is 5.62. The molecule has 0 spiro atoms. The molecule has 1 aliphatic rings. The zero-order chi connectivity index (χ0) is 11.1. The number of hydrogen-bond donors (Lipinski definition) is 0. The lowest BCUT2D eigenvalue weighted by Crippen LogP contribution is -2.50. The Morgan fingerprint density at radius 3 is 2.00 bits per heavy atom. The molecule has 0 unspecified atom stereocenters. The highest BCUT2D eigenvalue weighted by Gasteiger charge is 2.36. The maximum atomic E-state index is 2.86. The monoisotopic (exact) mass is 225 g/mol. The second-order valence-corrected chi connectivity index (χ2v) is 8.97. The van der Waals surface area contributed by atoms with Crippen molar-refractivity contribution in [2.75, 3.05) is 13.1 Å². The van der Waals surface area contributed by atoms with Gasteiger partial charge in [0.2, 0.25) is 0 Å². The van der Waals surface area contributed by atoms with Gasteiger partial charge in [0, 0.05) is 0 Å². The van der Waals surface area contributed by atoms with E-state index in [2.05, 4.69) is 37.1 Å². The maximum absolute atomic E-state index is 2.86. The van der Waals surface area contributed by atoms with Gasteiger partial charge in [-0.05, 0) is 44.9 Å². The van der Waals surface area contributed by atoms with E-state index in [-0.39, 0.29) is 0 Å². The summed E-state index contributed by atoms with van der Waals surface area (Å²) in [5.74, 6) is 0. The Morgan fingerprint density at radius 1 is 1.07 bits per heavy atom. The first-order valence-electron chi connectivity index (χ1n) is 6.68. The summed E-state index contributed by atoms with van der Waals surface area (Å²) in [5.41, 5.74) is 2.60. The lowest BCUT2D eigenvalue weighted by atomic mass is 10.4. The van der Waals surface area contributed by atoms with Gasteiger partial charge in [-0.2, -0.15) is 0 Å². The van der Waals surface area contributed by atoms with Gasteiger partial charge >= 0.3 is 0 Å². The molecule has 0 aromatic carbocycles. The van der Waals surface area contributed by atoms with Crippen molar-refractivity contribution >= 4 is 8.24 Å². The summed E-state index contributed by atoms with van der Waals surface area (Å²) in [6.07, 6.45) is 7.88. The third-order valence-corrected chi connectivity index (χ3v) is 8.97. The normalized spacial score (nSPS) is 19.1. The summed E-state index contributed by atoms with van der Waals surface area (Å²) >= 11 is 0. The van der Waals surface area contributed by atoms with E-state index < -0.39 is 8.24 Å². The third kappa shape index (κ3) is 3.18. The first-order valence-corrected chi connectivity index (χ1v) is 9.12. The van der Waals surface area contributed by atoms with Crippen LogP contribution in [0.4, 0.5) is 0 Å². The van der Waals surface area contributed by atoms with Crippen molar-refractivity contribution in [2.45, 2.75) is 58.5 Å². The van der Waals surface area contributed by atoms with Crippen molar-refractivity contribution < 1.29 is 0 Å². The first kappa shape index (κ1) is 13.0. The van der Waals surface area contributed by atoms with E-state index in [1.54, 1.807) is 0 Å². The van der Waals surface area contributed by atoms with Gasteiger partial charge in [0.05, 0.1) is 0 Å². The Labute approximate surface area is 96.6 Å². The minimum Gasteiger partial charge on any atom is -0.320 e. The first-order chi connectivity index (χ1) is 7.29. The number of nitrogens with zero attached hydrogens (tertiary/aromatic N) is 1. The number of rotatable bonds is 6. The van der Waals surface area contributed by atoms with Gasteiger partial charge in [0.1, 0.15) is 0 Å². The van der Waals surface area contributed by atoms with Crippen LogP contribution in [-0.4, -0.2) is 25.9 Å². The average molecular weight is 225 g/mol. The summed E-state index contributed by atoms with van der Waals surface area (Å²) in [5, 5.41) is 0. The molecule has 2 heteroatoms. The zero-order valence-electron chi connectivity index (χ0n) is 10.8. The van der Waals surface area contributed by atoms with Crippen LogP contribution >= 0.6 is 0 Å². The molecule has 0 amide bonds. The van der Waals surface area contributed by atoms with Crippen molar-refractivity contribution in [3.8, 4) is 0 Å². The third-order valence-electron chi connectivity index (χ3n) is 3.58. The Morgan fingerprint density at radius 2 is 1.60 bits per heavy atom. The summed E-state index contributed by atoms with van der Waals surface area (Å²) in [6, 6.07) is 2.93. The van der Waals surface area contributed by atoms with E-state index in [0.29, 0.717) is 0 Å². The number of hydrogen-bond acceptors (Lipinski definition) is 1. The van der Waals surface area contributed by atoms with Gasteiger partial charge < -0.3 is 4.57 Å². The fourth-order valence-corrected chi connectivity index (χ4v) is 8.04.